The number of likely N-dealkylation sites (N-methyl/N-ethyl adjacent to an activating group) is 1. The van der Waals surface area contributed by atoms with Gasteiger partial charge in [0.15, 0.2) is 6.29 Å². The SMILES string of the molecule is C[C@@H]1[C@H](CN(C)[C@H](C)[C@@H](O)c2ccccc2)O[C@H](c2cccc(NC(=O)c3ccccc3)c2)O[C@@H]1c1ccc(CO)cc1. The first-order valence-electron chi connectivity index (χ1n) is 14.7. The normalized spacial score (nSPS) is 21.7. The van der Waals surface area contributed by atoms with Crippen LogP contribution >= 0.6 is 0 Å². The van der Waals surface area contributed by atoms with Crippen molar-refractivity contribution in [3.05, 3.63) is 137 Å². The molecule has 5 rings (SSSR count). The number of hydrogen-bond acceptors (Lipinski definition) is 6. The summed E-state index contributed by atoms with van der Waals surface area (Å²) in [5.74, 6) is -0.204. The molecular weight excluding hydrogens is 540 g/mol. The van der Waals surface area contributed by atoms with Crippen LogP contribution in [0.1, 0.15) is 65.0 Å². The van der Waals surface area contributed by atoms with E-state index in [1.165, 1.54) is 0 Å². The number of nitrogens with zero attached hydrogens (tertiary/aromatic N) is 1. The summed E-state index contributed by atoms with van der Waals surface area (Å²) in [4.78, 5) is 14.9. The van der Waals surface area contributed by atoms with Gasteiger partial charge in [-0.25, -0.2) is 0 Å². The standard InChI is InChI=1S/C36H40N2O5/c1-24-32(22-38(3)25(2)33(40)27-11-6-4-7-12-27)42-36(43-34(24)28-19-17-26(23-39)18-20-28)30-15-10-16-31(21-30)37-35(41)29-13-8-5-9-14-29/h4-21,24-25,32-34,36,39-40H,22-23H2,1-3H3,(H,37,41)/t24-,25-,32+,33-,34+,36+/m1/s1. The third-order valence-electron chi connectivity index (χ3n) is 8.34. The van der Waals surface area contributed by atoms with Gasteiger partial charge in [-0.15, -0.1) is 0 Å². The van der Waals surface area contributed by atoms with Gasteiger partial charge in [-0.2, -0.15) is 0 Å². The minimum Gasteiger partial charge on any atom is -0.392 e. The maximum absolute atomic E-state index is 12.8. The van der Waals surface area contributed by atoms with Gasteiger partial charge in [0.2, 0.25) is 0 Å². The van der Waals surface area contributed by atoms with Crippen molar-refractivity contribution in [1.29, 1.82) is 0 Å². The second-order valence-corrected chi connectivity index (χ2v) is 11.3. The molecule has 0 aromatic heterocycles. The molecule has 1 saturated heterocycles. The van der Waals surface area contributed by atoms with Crippen LogP contribution in [0.15, 0.2) is 109 Å². The predicted octanol–water partition coefficient (Wildman–Crippen LogP) is 6.28. The Morgan fingerprint density at radius 2 is 1.56 bits per heavy atom. The Morgan fingerprint density at radius 3 is 2.23 bits per heavy atom. The molecule has 7 heteroatoms. The third kappa shape index (κ3) is 7.39. The van der Waals surface area contributed by atoms with Crippen molar-refractivity contribution in [3.63, 3.8) is 0 Å². The van der Waals surface area contributed by atoms with Crippen molar-refractivity contribution < 1.29 is 24.5 Å². The van der Waals surface area contributed by atoms with Crippen molar-refractivity contribution in [2.75, 3.05) is 18.9 Å². The van der Waals surface area contributed by atoms with Crippen molar-refractivity contribution in [2.24, 2.45) is 5.92 Å². The minimum atomic E-state index is -0.681. The number of anilines is 1. The van der Waals surface area contributed by atoms with Gasteiger partial charge in [-0.1, -0.05) is 91.9 Å². The smallest absolute Gasteiger partial charge is 0.255 e. The molecule has 1 aliphatic rings. The summed E-state index contributed by atoms with van der Waals surface area (Å²) in [6.07, 6.45) is -1.83. The van der Waals surface area contributed by atoms with Crippen molar-refractivity contribution in [1.82, 2.24) is 4.90 Å². The monoisotopic (exact) mass is 580 g/mol. The number of rotatable bonds is 10. The van der Waals surface area contributed by atoms with E-state index in [2.05, 4.69) is 17.1 Å². The molecule has 43 heavy (non-hydrogen) atoms. The molecule has 0 radical (unpaired) electrons. The largest absolute Gasteiger partial charge is 0.392 e. The van der Waals surface area contributed by atoms with E-state index in [9.17, 15) is 15.0 Å². The molecule has 0 aliphatic carbocycles. The number of hydrogen-bond donors (Lipinski definition) is 3. The van der Waals surface area contributed by atoms with Crippen molar-refractivity contribution >= 4 is 11.6 Å². The third-order valence-corrected chi connectivity index (χ3v) is 8.34. The molecule has 0 saturated carbocycles. The second kappa shape index (κ2) is 14.1. The van der Waals surface area contributed by atoms with E-state index in [1.54, 1.807) is 12.1 Å². The van der Waals surface area contributed by atoms with Crippen molar-refractivity contribution in [3.8, 4) is 0 Å². The fourth-order valence-corrected chi connectivity index (χ4v) is 5.50. The van der Waals surface area contributed by atoms with E-state index < -0.39 is 12.4 Å². The van der Waals surface area contributed by atoms with Gasteiger partial charge in [0.1, 0.15) is 0 Å². The van der Waals surface area contributed by atoms with E-state index >= 15 is 0 Å². The number of amides is 1. The first-order chi connectivity index (χ1) is 20.8. The van der Waals surface area contributed by atoms with Gasteiger partial charge in [-0.05, 0) is 54.9 Å². The Kier molecular flexibility index (Phi) is 10.0. The minimum absolute atomic E-state index is 0.0132. The molecule has 1 aliphatic heterocycles. The van der Waals surface area contributed by atoms with Crippen LogP contribution in [0.5, 0.6) is 0 Å². The molecular formula is C36H40N2O5. The van der Waals surface area contributed by atoms with Crippen LogP contribution in [0, 0.1) is 5.92 Å². The molecule has 6 atom stereocenters. The van der Waals surface area contributed by atoms with Gasteiger partial charge in [-0.3, -0.25) is 9.69 Å². The van der Waals surface area contributed by atoms with Crippen LogP contribution in [0.2, 0.25) is 0 Å². The Labute approximate surface area is 253 Å². The van der Waals surface area contributed by atoms with Gasteiger partial charge in [0.25, 0.3) is 5.91 Å². The summed E-state index contributed by atoms with van der Waals surface area (Å²) in [6, 6.07) is 34.0. The van der Waals surface area contributed by atoms with Crippen LogP contribution < -0.4 is 5.32 Å². The van der Waals surface area contributed by atoms with Crippen LogP contribution in [-0.2, 0) is 16.1 Å². The molecule has 1 amide bonds. The summed E-state index contributed by atoms with van der Waals surface area (Å²) in [6.45, 7) is 4.68. The Bertz CT molecular complexity index is 1460. The topological polar surface area (TPSA) is 91.3 Å². The van der Waals surface area contributed by atoms with E-state index in [0.717, 1.165) is 22.3 Å². The van der Waals surface area contributed by atoms with Crippen LogP contribution in [0.4, 0.5) is 5.69 Å². The van der Waals surface area contributed by atoms with E-state index in [-0.39, 0.29) is 36.7 Å². The molecule has 4 aromatic carbocycles. The van der Waals surface area contributed by atoms with E-state index in [0.29, 0.717) is 17.8 Å². The maximum Gasteiger partial charge on any atom is 0.255 e. The fourth-order valence-electron chi connectivity index (χ4n) is 5.50. The molecule has 3 N–H and O–H groups in total. The zero-order valence-electron chi connectivity index (χ0n) is 24.8. The first-order valence-corrected chi connectivity index (χ1v) is 14.7. The molecule has 4 aromatic rings. The molecule has 224 valence electrons. The summed E-state index contributed by atoms with van der Waals surface area (Å²) < 4.78 is 13.2. The zero-order chi connectivity index (χ0) is 30.3. The summed E-state index contributed by atoms with van der Waals surface area (Å²) in [5.41, 5.74) is 4.72. The van der Waals surface area contributed by atoms with E-state index in [4.69, 9.17) is 9.47 Å². The lowest BCUT2D eigenvalue weighted by Gasteiger charge is -2.43. The fraction of sp³-hybridized carbons (Fsp3) is 0.306. The average Bonchev–Trinajstić information content (AvgIpc) is 3.06. The summed E-state index contributed by atoms with van der Waals surface area (Å²) >= 11 is 0. The van der Waals surface area contributed by atoms with Gasteiger partial charge in [0.05, 0.1) is 24.9 Å². The average molecular weight is 581 g/mol. The predicted molar refractivity (Wildman–Crippen MR) is 167 cm³/mol. The highest BCUT2D eigenvalue weighted by Crippen LogP contribution is 2.42. The lowest BCUT2D eigenvalue weighted by atomic mass is 9.89. The molecule has 1 fully saturated rings. The lowest BCUT2D eigenvalue weighted by molar-refractivity contribution is -0.276. The zero-order valence-corrected chi connectivity index (χ0v) is 24.8. The van der Waals surface area contributed by atoms with Gasteiger partial charge < -0.3 is 25.0 Å². The Morgan fingerprint density at radius 1 is 0.884 bits per heavy atom. The number of carbonyl (C=O) groups excluding carboxylic acids is 1. The molecule has 0 unspecified atom stereocenters. The first kappa shape index (κ1) is 30.6. The highest BCUT2D eigenvalue weighted by atomic mass is 16.7. The quantitative estimate of drug-likeness (QED) is 0.205. The van der Waals surface area contributed by atoms with Crippen LogP contribution in [-0.4, -0.2) is 46.8 Å². The summed E-state index contributed by atoms with van der Waals surface area (Å²) in [7, 11) is 2.00. The second-order valence-electron chi connectivity index (χ2n) is 11.3. The van der Waals surface area contributed by atoms with Crippen LogP contribution in [0.3, 0.4) is 0 Å². The number of aliphatic hydroxyl groups excluding tert-OH is 2. The van der Waals surface area contributed by atoms with Gasteiger partial charge in [0, 0.05) is 35.3 Å². The number of aliphatic hydroxyl groups is 2. The lowest BCUT2D eigenvalue weighted by Crippen LogP contribution is -2.46. The number of benzene rings is 4. The molecule has 7 nitrogen and oxygen atoms in total. The highest BCUT2D eigenvalue weighted by molar-refractivity contribution is 6.04. The van der Waals surface area contributed by atoms with Crippen LogP contribution in [0.25, 0.3) is 0 Å². The Hall–Kier alpha value is -3.85. The molecule has 0 bridgehead atoms. The number of ether oxygens (including phenoxy) is 2. The summed E-state index contributed by atoms with van der Waals surface area (Å²) in [5, 5.41) is 23.6. The highest BCUT2D eigenvalue weighted by Gasteiger charge is 2.39. The maximum atomic E-state index is 12.8. The number of carbonyl (C=O) groups is 1. The molecule has 1 heterocycles. The number of nitrogens with one attached hydrogen (secondary N) is 1. The van der Waals surface area contributed by atoms with E-state index in [1.807, 2.05) is 111 Å². The van der Waals surface area contributed by atoms with Gasteiger partial charge >= 0.3 is 0 Å². The van der Waals surface area contributed by atoms with Crippen molar-refractivity contribution in [2.45, 2.75) is 51.1 Å². The Balaban J connectivity index is 1.38. The molecule has 0 spiro atoms.